The fourth-order valence-electron chi connectivity index (χ4n) is 4.97. The van der Waals surface area contributed by atoms with Crippen molar-refractivity contribution < 1.29 is 23.8 Å². The van der Waals surface area contributed by atoms with Crippen molar-refractivity contribution in [1.29, 1.82) is 0 Å². The molecule has 0 radical (unpaired) electrons. The van der Waals surface area contributed by atoms with Crippen LogP contribution in [0.15, 0.2) is 24.3 Å². The second-order valence-electron chi connectivity index (χ2n) is 6.22. The van der Waals surface area contributed by atoms with Crippen molar-refractivity contribution in [3.05, 3.63) is 24.3 Å². The quantitative estimate of drug-likeness (QED) is 0.525. The number of carbonyl (C=O) groups excluding carboxylic acids is 2. The van der Waals surface area contributed by atoms with Crippen LogP contribution in [0, 0.1) is 10.8 Å². The molecule has 0 N–H and O–H groups in total. The smallest absolute Gasteiger partial charge is 0.242 e. The molecule has 2 amide bonds. The van der Waals surface area contributed by atoms with Crippen molar-refractivity contribution in [1.82, 2.24) is 4.90 Å². The van der Waals surface area contributed by atoms with Crippen LogP contribution in [0.1, 0.15) is 0 Å². The highest BCUT2D eigenvalue weighted by Gasteiger charge is 2.88. The number of hydrogen-bond donors (Lipinski definition) is 0. The number of methoxy groups -OCH3 is 1. The Kier molecular flexibility index (Phi) is 1.99. The first-order valence-electron chi connectivity index (χ1n) is 7.22. The maximum Gasteiger partial charge on any atom is 0.242 e. The fraction of sp³-hybridized carbons (Fsp3) is 0.600. The first kappa shape index (κ1) is 12.1. The summed E-state index contributed by atoms with van der Waals surface area (Å²) in [5.74, 6) is -0.337. The minimum atomic E-state index is -0.906. The van der Waals surface area contributed by atoms with Crippen molar-refractivity contribution in [2.24, 2.45) is 10.8 Å². The van der Waals surface area contributed by atoms with Gasteiger partial charge in [-0.05, 0) is 0 Å². The van der Waals surface area contributed by atoms with Crippen LogP contribution in [0.25, 0.3) is 0 Å². The molecule has 0 saturated carbocycles. The first-order valence-corrected chi connectivity index (χ1v) is 7.22. The summed E-state index contributed by atoms with van der Waals surface area (Å²) in [5, 5.41) is 0. The lowest BCUT2D eigenvalue weighted by atomic mass is 9.54. The lowest BCUT2D eigenvalue weighted by Gasteiger charge is -2.37. The predicted octanol–water partition coefficient (Wildman–Crippen LogP) is -0.351. The van der Waals surface area contributed by atoms with Gasteiger partial charge in [0.15, 0.2) is 0 Å². The summed E-state index contributed by atoms with van der Waals surface area (Å²) in [6.45, 7) is 0.632. The summed E-state index contributed by atoms with van der Waals surface area (Å²) >= 11 is 0. The molecule has 4 bridgehead atoms. The summed E-state index contributed by atoms with van der Waals surface area (Å²) in [4.78, 5) is 27.6. The van der Waals surface area contributed by atoms with Gasteiger partial charge in [-0.2, -0.15) is 0 Å². The van der Waals surface area contributed by atoms with Gasteiger partial charge in [-0.3, -0.25) is 14.5 Å². The molecule has 5 rings (SSSR count). The van der Waals surface area contributed by atoms with Gasteiger partial charge in [0, 0.05) is 7.11 Å². The maximum absolute atomic E-state index is 13.1. The normalized spacial score (nSPS) is 51.4. The lowest BCUT2D eigenvalue weighted by Crippen LogP contribution is -2.56. The Morgan fingerprint density at radius 2 is 1.43 bits per heavy atom. The molecular weight excluding hydrogens is 274 g/mol. The van der Waals surface area contributed by atoms with Crippen LogP contribution in [0.2, 0.25) is 0 Å². The topological polar surface area (TPSA) is 65.1 Å². The van der Waals surface area contributed by atoms with E-state index in [0.717, 1.165) is 0 Å². The summed E-state index contributed by atoms with van der Waals surface area (Å²) in [7, 11) is 1.56. The molecule has 0 aliphatic carbocycles. The first-order chi connectivity index (χ1) is 10.2. The molecule has 5 heterocycles. The fourth-order valence-corrected chi connectivity index (χ4v) is 4.97. The van der Waals surface area contributed by atoms with Gasteiger partial charge in [0.25, 0.3) is 0 Å². The van der Waals surface area contributed by atoms with Crippen molar-refractivity contribution in [2.45, 2.75) is 24.4 Å². The van der Waals surface area contributed by atoms with E-state index in [-0.39, 0.29) is 42.8 Å². The number of nitrogens with zero attached hydrogens (tertiary/aromatic N) is 1. The zero-order chi connectivity index (χ0) is 14.4. The molecular formula is C15H15NO5. The monoisotopic (exact) mass is 289 g/mol. The zero-order valence-corrected chi connectivity index (χ0v) is 11.5. The summed E-state index contributed by atoms with van der Waals surface area (Å²) in [6.07, 6.45) is 6.16. The number of likely N-dealkylation sites (tertiary alicyclic amines) is 1. The highest BCUT2D eigenvalue weighted by Crippen LogP contribution is 2.72. The van der Waals surface area contributed by atoms with Gasteiger partial charge >= 0.3 is 0 Å². The van der Waals surface area contributed by atoms with Crippen LogP contribution in [-0.4, -0.2) is 61.4 Å². The molecule has 6 atom stereocenters. The summed E-state index contributed by atoms with van der Waals surface area (Å²) in [5.41, 5.74) is -1.81. The van der Waals surface area contributed by atoms with E-state index in [1.165, 1.54) is 4.90 Å². The van der Waals surface area contributed by atoms with Gasteiger partial charge in [0.1, 0.15) is 10.8 Å². The summed E-state index contributed by atoms with van der Waals surface area (Å²) in [6, 6.07) is 0. The minimum Gasteiger partial charge on any atom is -0.383 e. The molecule has 3 fully saturated rings. The number of carbonyl (C=O) groups is 2. The molecule has 2 unspecified atom stereocenters. The molecule has 5 aliphatic heterocycles. The van der Waals surface area contributed by atoms with Gasteiger partial charge in [-0.25, -0.2) is 0 Å². The van der Waals surface area contributed by atoms with Gasteiger partial charge in [0.2, 0.25) is 11.8 Å². The average Bonchev–Trinajstić information content (AvgIpc) is 3.24. The Morgan fingerprint density at radius 3 is 1.81 bits per heavy atom. The summed E-state index contributed by atoms with van der Waals surface area (Å²) < 4.78 is 16.9. The SMILES string of the molecule is COCCN1C(=O)C23[C@@H]4C=C[C@@H](O4)C2(C1=O)[C@@H]1C=C[C@H]3O1. The molecule has 3 saturated heterocycles. The van der Waals surface area contributed by atoms with Gasteiger partial charge < -0.3 is 14.2 Å². The highest BCUT2D eigenvalue weighted by atomic mass is 16.6. The Morgan fingerprint density at radius 1 is 1.00 bits per heavy atom. The Hall–Kier alpha value is -1.50. The second kappa shape index (κ2) is 3.45. The predicted molar refractivity (Wildman–Crippen MR) is 69.1 cm³/mol. The number of rotatable bonds is 3. The van der Waals surface area contributed by atoms with E-state index in [1.807, 2.05) is 24.3 Å². The van der Waals surface area contributed by atoms with Crippen LogP contribution < -0.4 is 0 Å². The van der Waals surface area contributed by atoms with Gasteiger partial charge in [0.05, 0.1) is 37.6 Å². The molecule has 110 valence electrons. The zero-order valence-electron chi connectivity index (χ0n) is 11.5. The number of hydrogen-bond acceptors (Lipinski definition) is 5. The van der Waals surface area contributed by atoms with Crippen LogP contribution in [0.5, 0.6) is 0 Å². The standard InChI is InChI=1S/C15H15NO5/c1-19-7-6-16-12(17)14-8-2-3-9(20-8)15(14,13(16)18)11-5-4-10(14)21-11/h2-5,8-11H,6-7H2,1H3/t8-,9+,10+,11-,14?,15?. The number of imide groups is 1. The lowest BCUT2D eigenvalue weighted by molar-refractivity contribution is -0.151. The molecule has 0 aromatic heterocycles. The Bertz CT molecular complexity index is 550. The molecule has 0 aromatic rings. The van der Waals surface area contributed by atoms with E-state index < -0.39 is 10.8 Å². The van der Waals surface area contributed by atoms with E-state index in [0.29, 0.717) is 6.61 Å². The molecule has 0 aromatic carbocycles. The third-order valence-corrected chi connectivity index (χ3v) is 5.70. The van der Waals surface area contributed by atoms with E-state index in [4.69, 9.17) is 14.2 Å². The molecule has 0 spiro atoms. The molecule has 6 nitrogen and oxygen atoms in total. The highest BCUT2D eigenvalue weighted by molar-refractivity contribution is 6.13. The second-order valence-corrected chi connectivity index (χ2v) is 6.22. The van der Waals surface area contributed by atoms with Crippen molar-refractivity contribution in [3.8, 4) is 0 Å². The average molecular weight is 289 g/mol. The number of amides is 2. The largest absolute Gasteiger partial charge is 0.383 e. The van der Waals surface area contributed by atoms with Gasteiger partial charge in [-0.1, -0.05) is 24.3 Å². The molecule has 6 heteroatoms. The Labute approximate surface area is 121 Å². The van der Waals surface area contributed by atoms with Crippen LogP contribution >= 0.6 is 0 Å². The van der Waals surface area contributed by atoms with Crippen LogP contribution in [0.4, 0.5) is 0 Å². The third-order valence-electron chi connectivity index (χ3n) is 5.70. The van der Waals surface area contributed by atoms with Crippen molar-refractivity contribution in [2.75, 3.05) is 20.3 Å². The molecule has 5 aliphatic rings. The van der Waals surface area contributed by atoms with E-state index >= 15 is 0 Å². The maximum atomic E-state index is 13.1. The molecule has 21 heavy (non-hydrogen) atoms. The van der Waals surface area contributed by atoms with Crippen molar-refractivity contribution >= 4 is 11.8 Å². The van der Waals surface area contributed by atoms with E-state index in [1.54, 1.807) is 7.11 Å². The minimum absolute atomic E-state index is 0.168. The van der Waals surface area contributed by atoms with E-state index in [9.17, 15) is 9.59 Å². The van der Waals surface area contributed by atoms with Gasteiger partial charge in [-0.15, -0.1) is 0 Å². The number of fused-ring (bicyclic) bond motifs is 4. The third kappa shape index (κ3) is 0.932. The van der Waals surface area contributed by atoms with E-state index in [2.05, 4.69) is 0 Å². The van der Waals surface area contributed by atoms with Crippen LogP contribution in [0.3, 0.4) is 0 Å². The van der Waals surface area contributed by atoms with Crippen molar-refractivity contribution in [3.63, 3.8) is 0 Å². The number of ether oxygens (including phenoxy) is 3. The Balaban J connectivity index is 1.71. The van der Waals surface area contributed by atoms with Crippen LogP contribution in [-0.2, 0) is 23.8 Å².